The highest BCUT2D eigenvalue weighted by atomic mass is 16.5. The van der Waals surface area contributed by atoms with Gasteiger partial charge in [-0.25, -0.2) is 0 Å². The first kappa shape index (κ1) is 24.9. The fourth-order valence-corrected chi connectivity index (χ4v) is 3.29. The molecule has 0 aromatic heterocycles. The summed E-state index contributed by atoms with van der Waals surface area (Å²) in [6.07, 6.45) is 2.49. The van der Waals surface area contributed by atoms with Crippen LogP contribution in [0.5, 0.6) is 0 Å². The molecule has 0 spiro atoms. The number of rotatable bonds is 11. The Morgan fingerprint density at radius 1 is 1.14 bits per heavy atom. The molecule has 1 aromatic carbocycles. The molecule has 1 rings (SSSR count). The van der Waals surface area contributed by atoms with Crippen molar-refractivity contribution in [1.29, 1.82) is 0 Å². The van der Waals surface area contributed by atoms with Crippen molar-refractivity contribution in [2.45, 2.75) is 53.7 Å². The molecule has 0 aliphatic rings. The molecular formula is C24H38N2O3. The van der Waals surface area contributed by atoms with Crippen LogP contribution in [0.1, 0.15) is 46.6 Å². The molecule has 2 N–H and O–H groups in total. The molecule has 0 bridgehead atoms. The van der Waals surface area contributed by atoms with Gasteiger partial charge in [-0.2, -0.15) is 0 Å². The Morgan fingerprint density at radius 2 is 1.76 bits per heavy atom. The first-order chi connectivity index (χ1) is 13.6. The van der Waals surface area contributed by atoms with Gasteiger partial charge in [-0.05, 0) is 23.3 Å². The average Bonchev–Trinajstić information content (AvgIpc) is 2.67. The maximum atomic E-state index is 13.2. The number of hydrogen-bond donors (Lipinski definition) is 2. The van der Waals surface area contributed by atoms with Crippen LogP contribution in [-0.2, 0) is 20.9 Å². The number of benzene rings is 1. The van der Waals surface area contributed by atoms with E-state index >= 15 is 0 Å². The molecule has 0 heterocycles. The second kappa shape index (κ2) is 11.8. The van der Waals surface area contributed by atoms with Gasteiger partial charge in [-0.1, -0.05) is 71.0 Å². The molecule has 3 atom stereocenters. The van der Waals surface area contributed by atoms with E-state index in [1.807, 2.05) is 51.1 Å². The van der Waals surface area contributed by atoms with Crippen molar-refractivity contribution in [3.05, 3.63) is 48.6 Å². The second-order valence-electron chi connectivity index (χ2n) is 9.06. The molecular weight excluding hydrogens is 364 g/mol. The van der Waals surface area contributed by atoms with Crippen LogP contribution in [0.3, 0.4) is 0 Å². The van der Waals surface area contributed by atoms with Crippen molar-refractivity contribution in [2.75, 3.05) is 13.7 Å². The summed E-state index contributed by atoms with van der Waals surface area (Å²) in [6.45, 7) is 14.8. The Labute approximate surface area is 176 Å². The number of carbonyl (C=O) groups is 2. The van der Waals surface area contributed by atoms with Gasteiger partial charge in [0.05, 0.1) is 13.2 Å². The number of likely N-dealkylation sites (N-methyl/N-ethyl adjacent to an activating group) is 1. The van der Waals surface area contributed by atoms with Gasteiger partial charge in [-0.15, -0.1) is 6.58 Å². The lowest BCUT2D eigenvalue weighted by Gasteiger charge is -2.33. The number of ether oxygens (including phenoxy) is 1. The van der Waals surface area contributed by atoms with Crippen molar-refractivity contribution >= 4 is 11.8 Å². The SMILES string of the molecule is C=C[C@@H](COCc1ccccc1)[C@@H](CC(C)C)C(=O)N[C@H](C(=O)NC)C(C)(C)C. The molecule has 0 unspecified atom stereocenters. The standard InChI is InChI=1S/C24H38N2O3/c1-8-19(16-29-15-18-12-10-9-11-13-18)20(14-17(2)3)22(27)26-21(23(28)25-7)24(4,5)6/h8-13,17,19-21H,1,14-16H2,2-7H3,(H,25,28)(H,26,27)/t19-,20+,21+/m0/s1. The van der Waals surface area contributed by atoms with E-state index in [2.05, 4.69) is 31.1 Å². The summed E-state index contributed by atoms with van der Waals surface area (Å²) >= 11 is 0. The van der Waals surface area contributed by atoms with Crippen LogP contribution in [-0.4, -0.2) is 31.5 Å². The molecule has 0 saturated heterocycles. The number of nitrogens with one attached hydrogen (secondary N) is 2. The van der Waals surface area contributed by atoms with Gasteiger partial charge < -0.3 is 15.4 Å². The first-order valence-electron chi connectivity index (χ1n) is 10.4. The largest absolute Gasteiger partial charge is 0.376 e. The van der Waals surface area contributed by atoms with E-state index in [-0.39, 0.29) is 23.7 Å². The lowest BCUT2D eigenvalue weighted by Crippen LogP contribution is -2.55. The van der Waals surface area contributed by atoms with E-state index in [1.165, 1.54) is 0 Å². The van der Waals surface area contributed by atoms with Gasteiger partial charge in [0.15, 0.2) is 0 Å². The lowest BCUT2D eigenvalue weighted by atomic mass is 9.82. The van der Waals surface area contributed by atoms with Crippen LogP contribution in [0.25, 0.3) is 0 Å². The third-order valence-corrected chi connectivity index (χ3v) is 4.96. The zero-order valence-corrected chi connectivity index (χ0v) is 18.8. The van der Waals surface area contributed by atoms with E-state index < -0.39 is 11.5 Å². The van der Waals surface area contributed by atoms with Crippen LogP contribution in [0, 0.1) is 23.2 Å². The van der Waals surface area contributed by atoms with E-state index in [0.717, 1.165) is 5.56 Å². The molecule has 2 amide bonds. The third kappa shape index (κ3) is 8.40. The molecule has 5 heteroatoms. The Hall–Kier alpha value is -2.14. The summed E-state index contributed by atoms with van der Waals surface area (Å²) in [4.78, 5) is 25.5. The fraction of sp³-hybridized carbons (Fsp3) is 0.583. The summed E-state index contributed by atoms with van der Waals surface area (Å²) < 4.78 is 5.90. The molecule has 0 fully saturated rings. The maximum absolute atomic E-state index is 13.2. The normalized spacial score (nSPS) is 14.7. The molecule has 29 heavy (non-hydrogen) atoms. The molecule has 5 nitrogen and oxygen atoms in total. The smallest absolute Gasteiger partial charge is 0.242 e. The molecule has 162 valence electrons. The summed E-state index contributed by atoms with van der Waals surface area (Å²) in [5.74, 6) is -0.431. The predicted octanol–water partition coefficient (Wildman–Crippen LogP) is 3.94. The number of carbonyl (C=O) groups excluding carboxylic acids is 2. The van der Waals surface area contributed by atoms with Crippen molar-refractivity contribution in [1.82, 2.24) is 10.6 Å². The van der Waals surface area contributed by atoms with Gasteiger partial charge in [0.2, 0.25) is 11.8 Å². The molecule has 0 aliphatic heterocycles. The lowest BCUT2D eigenvalue weighted by molar-refractivity contribution is -0.134. The van der Waals surface area contributed by atoms with Crippen LogP contribution in [0.15, 0.2) is 43.0 Å². The van der Waals surface area contributed by atoms with Crippen molar-refractivity contribution < 1.29 is 14.3 Å². The van der Waals surface area contributed by atoms with Gasteiger partial charge in [-0.3, -0.25) is 9.59 Å². The Kier molecular flexibility index (Phi) is 10.1. The van der Waals surface area contributed by atoms with Crippen molar-refractivity contribution in [2.24, 2.45) is 23.2 Å². The van der Waals surface area contributed by atoms with E-state index in [4.69, 9.17) is 4.74 Å². The topological polar surface area (TPSA) is 67.4 Å². The van der Waals surface area contributed by atoms with Gasteiger partial charge in [0, 0.05) is 18.9 Å². The maximum Gasteiger partial charge on any atom is 0.242 e. The van der Waals surface area contributed by atoms with Crippen molar-refractivity contribution in [3.63, 3.8) is 0 Å². The fourth-order valence-electron chi connectivity index (χ4n) is 3.29. The number of amides is 2. The highest BCUT2D eigenvalue weighted by molar-refractivity contribution is 5.89. The summed E-state index contributed by atoms with van der Waals surface area (Å²) in [6, 6.07) is 9.34. The van der Waals surface area contributed by atoms with Crippen LogP contribution in [0.4, 0.5) is 0 Å². The molecule has 0 radical (unpaired) electrons. The monoisotopic (exact) mass is 402 g/mol. The van der Waals surface area contributed by atoms with Crippen molar-refractivity contribution in [3.8, 4) is 0 Å². The number of hydrogen-bond acceptors (Lipinski definition) is 3. The Bertz CT molecular complexity index is 650. The minimum atomic E-state index is -0.606. The average molecular weight is 403 g/mol. The summed E-state index contributed by atoms with van der Waals surface area (Å²) in [5, 5.41) is 5.64. The highest BCUT2D eigenvalue weighted by Crippen LogP contribution is 2.25. The summed E-state index contributed by atoms with van der Waals surface area (Å²) in [5.41, 5.74) is 0.693. The van der Waals surface area contributed by atoms with E-state index in [1.54, 1.807) is 13.1 Å². The third-order valence-electron chi connectivity index (χ3n) is 4.96. The van der Waals surface area contributed by atoms with Gasteiger partial charge in [0.25, 0.3) is 0 Å². The second-order valence-corrected chi connectivity index (χ2v) is 9.06. The van der Waals surface area contributed by atoms with Crippen LogP contribution < -0.4 is 10.6 Å². The minimum Gasteiger partial charge on any atom is -0.376 e. The summed E-state index contributed by atoms with van der Waals surface area (Å²) in [7, 11) is 1.59. The van der Waals surface area contributed by atoms with Gasteiger partial charge >= 0.3 is 0 Å². The van der Waals surface area contributed by atoms with E-state index in [0.29, 0.717) is 25.6 Å². The van der Waals surface area contributed by atoms with Gasteiger partial charge in [0.1, 0.15) is 6.04 Å². The Morgan fingerprint density at radius 3 is 2.24 bits per heavy atom. The highest BCUT2D eigenvalue weighted by Gasteiger charge is 2.35. The molecule has 1 aromatic rings. The molecule has 0 saturated carbocycles. The molecule has 0 aliphatic carbocycles. The van der Waals surface area contributed by atoms with Crippen LogP contribution in [0.2, 0.25) is 0 Å². The van der Waals surface area contributed by atoms with E-state index in [9.17, 15) is 9.59 Å². The Balaban J connectivity index is 2.89. The van der Waals surface area contributed by atoms with Crippen LogP contribution >= 0.6 is 0 Å². The first-order valence-corrected chi connectivity index (χ1v) is 10.4. The zero-order chi connectivity index (χ0) is 22.0. The zero-order valence-electron chi connectivity index (χ0n) is 18.8. The minimum absolute atomic E-state index is 0.129. The predicted molar refractivity (Wildman–Crippen MR) is 118 cm³/mol. The quantitative estimate of drug-likeness (QED) is 0.551.